The molecule has 0 fully saturated rings. The van der Waals surface area contributed by atoms with Gasteiger partial charge in [-0.05, 0) is 11.6 Å². The Morgan fingerprint density at radius 3 is 2.93 bits per heavy atom. The number of hydrogen-bond acceptors (Lipinski definition) is 2. The van der Waals surface area contributed by atoms with Gasteiger partial charge >= 0.3 is 5.97 Å². The fraction of sp³-hybridized carbons (Fsp3) is 0.182. The molecule has 2 rings (SSSR count). The van der Waals surface area contributed by atoms with Crippen molar-refractivity contribution in [2.45, 2.75) is 12.5 Å². The highest BCUT2D eigenvalue weighted by Crippen LogP contribution is 2.18. The highest BCUT2D eigenvalue weighted by atomic mass is 16.4. The maximum absolute atomic E-state index is 10.6. The normalized spacial score (nSPS) is 12.9. The summed E-state index contributed by atoms with van der Waals surface area (Å²) < 4.78 is 0. The Morgan fingerprint density at radius 2 is 2.20 bits per heavy atom. The lowest BCUT2D eigenvalue weighted by molar-refractivity contribution is -0.138. The molecular formula is C11H12N2O2. The molecule has 4 heteroatoms. The molecule has 4 nitrogen and oxygen atoms in total. The van der Waals surface area contributed by atoms with E-state index < -0.39 is 12.0 Å². The Kier molecular flexibility index (Phi) is 2.43. The van der Waals surface area contributed by atoms with Gasteiger partial charge in [0, 0.05) is 23.5 Å². The zero-order valence-electron chi connectivity index (χ0n) is 8.10. The van der Waals surface area contributed by atoms with Crippen molar-refractivity contribution in [2.75, 3.05) is 0 Å². The molecule has 0 aliphatic carbocycles. The van der Waals surface area contributed by atoms with Crippen molar-refractivity contribution in [2.24, 2.45) is 5.73 Å². The third-order valence-corrected chi connectivity index (χ3v) is 2.43. The van der Waals surface area contributed by atoms with Gasteiger partial charge in [-0.2, -0.15) is 0 Å². The van der Waals surface area contributed by atoms with Crippen LogP contribution in [0.25, 0.3) is 10.9 Å². The Morgan fingerprint density at radius 1 is 1.47 bits per heavy atom. The molecule has 0 radical (unpaired) electrons. The van der Waals surface area contributed by atoms with Crippen molar-refractivity contribution < 1.29 is 9.90 Å². The number of fused-ring (bicyclic) bond motifs is 1. The largest absolute Gasteiger partial charge is 0.480 e. The minimum absolute atomic E-state index is 0.347. The predicted octanol–water partition coefficient (Wildman–Crippen LogP) is 1.12. The first-order valence-electron chi connectivity index (χ1n) is 4.72. The van der Waals surface area contributed by atoms with Gasteiger partial charge in [0.05, 0.1) is 0 Å². The number of aliphatic carboxylic acids is 1. The number of nitrogens with one attached hydrogen (secondary N) is 1. The molecule has 1 atom stereocenters. The Balaban J connectivity index is 2.32. The zero-order valence-corrected chi connectivity index (χ0v) is 8.10. The summed E-state index contributed by atoms with van der Waals surface area (Å²) in [6.07, 6.45) is 2.16. The number of aromatic amines is 1. The van der Waals surface area contributed by atoms with Gasteiger partial charge in [-0.1, -0.05) is 18.2 Å². The first-order valence-corrected chi connectivity index (χ1v) is 4.72. The number of rotatable bonds is 3. The summed E-state index contributed by atoms with van der Waals surface area (Å²) in [4.78, 5) is 13.7. The van der Waals surface area contributed by atoms with E-state index in [9.17, 15) is 4.79 Å². The maximum atomic E-state index is 10.6. The second-order valence-corrected chi connectivity index (χ2v) is 3.51. The first-order chi connectivity index (χ1) is 7.18. The van der Waals surface area contributed by atoms with E-state index in [1.54, 1.807) is 0 Å². The topological polar surface area (TPSA) is 79.1 Å². The molecule has 1 heterocycles. The van der Waals surface area contributed by atoms with Crippen LogP contribution >= 0.6 is 0 Å². The summed E-state index contributed by atoms with van der Waals surface area (Å²) in [5, 5.41) is 9.75. The molecule has 0 spiro atoms. The minimum Gasteiger partial charge on any atom is -0.480 e. The zero-order chi connectivity index (χ0) is 10.8. The number of benzene rings is 1. The fourth-order valence-corrected chi connectivity index (χ4v) is 1.62. The van der Waals surface area contributed by atoms with Crippen LogP contribution < -0.4 is 5.73 Å². The van der Waals surface area contributed by atoms with E-state index in [2.05, 4.69) is 4.98 Å². The number of H-pyrrole nitrogens is 1. The monoisotopic (exact) mass is 205 g/mol. The van der Waals surface area contributed by atoms with Crippen LogP contribution in [0.5, 0.6) is 0 Å². The van der Waals surface area contributed by atoms with Gasteiger partial charge in [0.1, 0.15) is 6.04 Å². The second kappa shape index (κ2) is 3.74. The lowest BCUT2D eigenvalue weighted by atomic mass is 10.1. The van der Waals surface area contributed by atoms with Crippen molar-refractivity contribution in [1.82, 2.24) is 4.98 Å². The smallest absolute Gasteiger partial charge is 0.320 e. The highest BCUT2D eigenvalue weighted by molar-refractivity contribution is 5.84. The molecular weight excluding hydrogens is 193 g/mol. The van der Waals surface area contributed by atoms with E-state index in [0.717, 1.165) is 16.5 Å². The molecule has 1 aromatic carbocycles. The van der Waals surface area contributed by atoms with Crippen molar-refractivity contribution in [1.29, 1.82) is 0 Å². The van der Waals surface area contributed by atoms with Crippen LogP contribution in [0.4, 0.5) is 0 Å². The standard InChI is InChI=1S/C11H12N2O2/c12-9(11(14)15)5-7-6-13-10-4-2-1-3-8(7)10/h1-4,6,9,13H,5,12H2,(H,14,15)/t9-/m0/s1/i2+1. The molecule has 0 saturated heterocycles. The quantitative estimate of drug-likeness (QED) is 0.702. The molecule has 0 aliphatic heterocycles. The Labute approximate surface area is 86.7 Å². The third kappa shape index (κ3) is 1.85. The van der Waals surface area contributed by atoms with Crippen molar-refractivity contribution in [3.05, 3.63) is 36.0 Å². The van der Waals surface area contributed by atoms with E-state index in [-0.39, 0.29) is 0 Å². The summed E-state index contributed by atoms with van der Waals surface area (Å²) in [6, 6.07) is 6.91. The van der Waals surface area contributed by atoms with Crippen LogP contribution in [-0.2, 0) is 11.2 Å². The number of carbonyl (C=O) groups is 1. The molecule has 0 aliphatic rings. The van der Waals surface area contributed by atoms with Gasteiger partial charge < -0.3 is 15.8 Å². The average Bonchev–Trinajstić information content (AvgIpc) is 2.62. The van der Waals surface area contributed by atoms with Gasteiger partial charge in [-0.25, -0.2) is 0 Å². The lowest BCUT2D eigenvalue weighted by Gasteiger charge is -2.04. The summed E-state index contributed by atoms with van der Waals surface area (Å²) in [5.41, 5.74) is 7.43. The molecule has 78 valence electrons. The summed E-state index contributed by atoms with van der Waals surface area (Å²) in [7, 11) is 0. The number of carboxylic acid groups (broad SMARTS) is 1. The number of hydrogen-bond donors (Lipinski definition) is 3. The van der Waals surface area contributed by atoms with Gasteiger partial charge in [0.15, 0.2) is 0 Å². The molecule has 0 amide bonds. The molecule has 15 heavy (non-hydrogen) atoms. The number of aromatic nitrogens is 1. The number of para-hydroxylation sites is 1. The third-order valence-electron chi connectivity index (χ3n) is 2.43. The van der Waals surface area contributed by atoms with Crippen LogP contribution in [0.2, 0.25) is 0 Å². The minimum atomic E-state index is -0.972. The highest BCUT2D eigenvalue weighted by Gasteiger charge is 2.14. The molecule has 1 aromatic heterocycles. The van der Waals surface area contributed by atoms with E-state index in [1.165, 1.54) is 0 Å². The van der Waals surface area contributed by atoms with E-state index in [0.29, 0.717) is 6.42 Å². The molecule has 0 saturated carbocycles. The first kappa shape index (κ1) is 9.73. The summed E-state index contributed by atoms with van der Waals surface area (Å²) >= 11 is 0. The number of carboxylic acids is 1. The molecule has 2 aromatic rings. The maximum Gasteiger partial charge on any atom is 0.320 e. The van der Waals surface area contributed by atoms with Crippen LogP contribution in [0.3, 0.4) is 0 Å². The van der Waals surface area contributed by atoms with Crippen molar-refractivity contribution in [3.63, 3.8) is 0 Å². The molecule has 4 N–H and O–H groups in total. The van der Waals surface area contributed by atoms with Gasteiger partial charge in [-0.3, -0.25) is 4.79 Å². The van der Waals surface area contributed by atoms with Crippen LogP contribution in [0.15, 0.2) is 30.5 Å². The summed E-state index contributed by atoms with van der Waals surface area (Å²) in [5.74, 6) is -0.972. The van der Waals surface area contributed by atoms with Gasteiger partial charge in [0.25, 0.3) is 0 Å². The molecule has 0 bridgehead atoms. The fourth-order valence-electron chi connectivity index (χ4n) is 1.62. The van der Waals surface area contributed by atoms with Crippen molar-refractivity contribution in [3.8, 4) is 0 Å². The lowest BCUT2D eigenvalue weighted by Crippen LogP contribution is -2.32. The predicted molar refractivity (Wildman–Crippen MR) is 57.6 cm³/mol. The average molecular weight is 205 g/mol. The van der Waals surface area contributed by atoms with Crippen molar-refractivity contribution >= 4 is 16.9 Å². The van der Waals surface area contributed by atoms with Crippen LogP contribution in [-0.4, -0.2) is 22.1 Å². The van der Waals surface area contributed by atoms with Gasteiger partial charge in [0.2, 0.25) is 0 Å². The van der Waals surface area contributed by atoms with E-state index >= 15 is 0 Å². The van der Waals surface area contributed by atoms with Gasteiger partial charge in [-0.15, -0.1) is 0 Å². The second-order valence-electron chi connectivity index (χ2n) is 3.51. The van der Waals surface area contributed by atoms with E-state index in [1.807, 2.05) is 30.5 Å². The number of nitrogens with two attached hydrogens (primary N) is 1. The molecule has 0 unspecified atom stereocenters. The SMILES string of the molecule is N[C@@H](Cc1c[nH]c2c[13cH]ccc12)C(=O)O. The summed E-state index contributed by atoms with van der Waals surface area (Å²) in [6.45, 7) is 0. The Bertz CT molecular complexity index is 490. The Hall–Kier alpha value is -1.81. The van der Waals surface area contributed by atoms with Crippen LogP contribution in [0, 0.1) is 0 Å². The van der Waals surface area contributed by atoms with E-state index in [4.69, 9.17) is 10.8 Å². The van der Waals surface area contributed by atoms with Crippen LogP contribution in [0.1, 0.15) is 5.56 Å².